The predicted molar refractivity (Wildman–Crippen MR) is 67.9 cm³/mol. The zero-order valence-corrected chi connectivity index (χ0v) is 12.2. The number of halogens is 5. The van der Waals surface area contributed by atoms with Gasteiger partial charge < -0.3 is 9.47 Å². The van der Waals surface area contributed by atoms with E-state index in [1.54, 1.807) is 0 Å². The van der Waals surface area contributed by atoms with Crippen LogP contribution in [0.5, 0.6) is 0 Å². The van der Waals surface area contributed by atoms with Gasteiger partial charge in [0.05, 0.1) is 26.2 Å². The number of ether oxygens (including phenoxy) is 2. The van der Waals surface area contributed by atoms with Crippen LogP contribution in [0.3, 0.4) is 0 Å². The Morgan fingerprint density at radius 1 is 1.13 bits per heavy atom. The molecule has 1 aliphatic heterocycles. The van der Waals surface area contributed by atoms with Crippen LogP contribution in [-0.4, -0.2) is 43.8 Å². The second-order valence-corrected chi connectivity index (χ2v) is 5.06. The van der Waals surface area contributed by atoms with E-state index in [1.807, 2.05) is 0 Å². The summed E-state index contributed by atoms with van der Waals surface area (Å²) < 4.78 is 76.5. The van der Waals surface area contributed by atoms with Gasteiger partial charge in [-0.3, -0.25) is 9.69 Å². The summed E-state index contributed by atoms with van der Waals surface area (Å²) >= 11 is 0. The van der Waals surface area contributed by atoms with E-state index in [-0.39, 0.29) is 26.1 Å². The number of rotatable bonds is 4. The third-order valence-electron chi connectivity index (χ3n) is 3.53. The van der Waals surface area contributed by atoms with Crippen molar-refractivity contribution in [2.75, 3.05) is 26.8 Å². The first-order valence-electron chi connectivity index (χ1n) is 6.76. The highest BCUT2D eigenvalue weighted by molar-refractivity contribution is 5.69. The van der Waals surface area contributed by atoms with Crippen LogP contribution in [0.25, 0.3) is 0 Å². The molecular formula is C14H14F5NO3. The first kappa shape index (κ1) is 17.6. The van der Waals surface area contributed by atoms with Crippen molar-refractivity contribution >= 4 is 5.97 Å². The minimum absolute atomic E-state index is 0.0654. The lowest BCUT2D eigenvalue weighted by Crippen LogP contribution is -2.43. The Bertz CT molecular complexity index is 582. The number of carbonyl (C=O) groups excluding carboxylic acids is 1. The SMILES string of the molecule is COC(=O)C[C@@H]1CN(Cc2c(F)c(F)c(F)c(F)c2F)CCO1. The summed E-state index contributed by atoms with van der Waals surface area (Å²) in [5.41, 5.74) is -0.903. The van der Waals surface area contributed by atoms with E-state index >= 15 is 0 Å². The zero-order valence-electron chi connectivity index (χ0n) is 12.2. The van der Waals surface area contributed by atoms with Crippen LogP contribution >= 0.6 is 0 Å². The Hall–Kier alpha value is -1.74. The smallest absolute Gasteiger partial charge is 0.308 e. The summed E-state index contributed by atoms with van der Waals surface area (Å²) in [5, 5.41) is 0. The van der Waals surface area contributed by atoms with Crippen LogP contribution in [0, 0.1) is 29.1 Å². The zero-order chi connectivity index (χ0) is 17.1. The Morgan fingerprint density at radius 2 is 1.70 bits per heavy atom. The quantitative estimate of drug-likeness (QED) is 0.365. The molecule has 9 heteroatoms. The van der Waals surface area contributed by atoms with Gasteiger partial charge in [0.1, 0.15) is 0 Å². The number of nitrogens with zero attached hydrogens (tertiary/aromatic N) is 1. The van der Waals surface area contributed by atoms with E-state index in [0.29, 0.717) is 0 Å². The number of carbonyl (C=O) groups is 1. The molecule has 1 aliphatic rings. The predicted octanol–water partition coefficient (Wildman–Crippen LogP) is 2.15. The van der Waals surface area contributed by atoms with Crippen molar-refractivity contribution in [1.82, 2.24) is 4.90 Å². The fraction of sp³-hybridized carbons (Fsp3) is 0.500. The van der Waals surface area contributed by atoms with Crippen molar-refractivity contribution in [2.45, 2.75) is 19.1 Å². The molecule has 1 aromatic carbocycles. The molecule has 1 heterocycles. The maximum absolute atomic E-state index is 13.7. The highest BCUT2D eigenvalue weighted by Gasteiger charge is 2.29. The van der Waals surface area contributed by atoms with Gasteiger partial charge in [0.25, 0.3) is 0 Å². The molecular weight excluding hydrogens is 325 g/mol. The van der Waals surface area contributed by atoms with Crippen molar-refractivity contribution in [3.63, 3.8) is 0 Å². The van der Waals surface area contributed by atoms with E-state index in [9.17, 15) is 26.7 Å². The van der Waals surface area contributed by atoms with Gasteiger partial charge in [0.2, 0.25) is 5.82 Å². The van der Waals surface area contributed by atoms with Crippen molar-refractivity contribution in [3.8, 4) is 0 Å². The normalized spacial score (nSPS) is 19.0. The fourth-order valence-corrected chi connectivity index (χ4v) is 2.33. The minimum Gasteiger partial charge on any atom is -0.469 e. The van der Waals surface area contributed by atoms with Crippen LogP contribution in [0.4, 0.5) is 22.0 Å². The Balaban J connectivity index is 2.14. The average molecular weight is 339 g/mol. The number of morpholine rings is 1. The second kappa shape index (κ2) is 7.22. The summed E-state index contributed by atoms with van der Waals surface area (Å²) in [7, 11) is 1.21. The van der Waals surface area contributed by atoms with Crippen LogP contribution in [0.15, 0.2) is 0 Å². The maximum atomic E-state index is 13.7. The summed E-state index contributed by atoms with van der Waals surface area (Å²) in [6, 6.07) is 0. The van der Waals surface area contributed by atoms with Crippen LogP contribution in [0.1, 0.15) is 12.0 Å². The van der Waals surface area contributed by atoms with E-state index in [4.69, 9.17) is 4.74 Å². The van der Waals surface area contributed by atoms with Gasteiger partial charge in [-0.15, -0.1) is 0 Å². The van der Waals surface area contributed by atoms with Gasteiger partial charge in [0.15, 0.2) is 23.3 Å². The minimum atomic E-state index is -2.19. The maximum Gasteiger partial charge on any atom is 0.308 e. The van der Waals surface area contributed by atoms with Gasteiger partial charge in [-0.25, -0.2) is 22.0 Å². The lowest BCUT2D eigenvalue weighted by Gasteiger charge is -2.32. The molecule has 1 aromatic rings. The van der Waals surface area contributed by atoms with Gasteiger partial charge in [0, 0.05) is 25.2 Å². The van der Waals surface area contributed by atoms with Crippen molar-refractivity contribution in [2.24, 2.45) is 0 Å². The highest BCUT2D eigenvalue weighted by Crippen LogP contribution is 2.25. The highest BCUT2D eigenvalue weighted by atomic mass is 19.2. The van der Waals surface area contributed by atoms with Gasteiger partial charge in [-0.2, -0.15) is 0 Å². The first-order chi connectivity index (χ1) is 10.8. The van der Waals surface area contributed by atoms with Gasteiger partial charge in [-0.05, 0) is 0 Å². The van der Waals surface area contributed by atoms with Crippen LogP contribution < -0.4 is 0 Å². The molecule has 1 fully saturated rings. The molecule has 128 valence electrons. The Morgan fingerprint density at radius 3 is 2.26 bits per heavy atom. The molecule has 0 radical (unpaired) electrons. The molecule has 0 aliphatic carbocycles. The van der Waals surface area contributed by atoms with E-state index in [2.05, 4.69) is 4.74 Å². The number of methoxy groups -OCH3 is 1. The fourth-order valence-electron chi connectivity index (χ4n) is 2.33. The summed E-state index contributed by atoms with van der Waals surface area (Å²) in [4.78, 5) is 12.7. The van der Waals surface area contributed by atoms with Gasteiger partial charge >= 0.3 is 5.97 Å². The largest absolute Gasteiger partial charge is 0.469 e. The van der Waals surface area contributed by atoms with E-state index in [0.717, 1.165) is 0 Å². The standard InChI is InChI=1S/C14H14F5NO3/c1-22-9(21)4-7-5-20(2-3-23-7)6-8-10(15)12(17)14(19)13(18)11(8)16/h7H,2-6H2,1H3/t7-/m1/s1. The second-order valence-electron chi connectivity index (χ2n) is 5.06. The molecule has 23 heavy (non-hydrogen) atoms. The molecule has 0 N–H and O–H groups in total. The summed E-state index contributed by atoms with van der Waals surface area (Å²) in [5.74, 6) is -10.4. The summed E-state index contributed by atoms with van der Waals surface area (Å²) in [6.45, 7) is 0.0235. The number of esters is 1. The van der Waals surface area contributed by atoms with Crippen LogP contribution in [-0.2, 0) is 20.8 Å². The molecule has 0 spiro atoms. The lowest BCUT2D eigenvalue weighted by atomic mass is 10.1. The van der Waals surface area contributed by atoms with Crippen molar-refractivity contribution in [1.29, 1.82) is 0 Å². The molecule has 0 unspecified atom stereocenters. The Labute approximate surface area is 128 Å². The Kier molecular flexibility index (Phi) is 5.53. The molecule has 0 saturated carbocycles. The summed E-state index contributed by atoms with van der Waals surface area (Å²) in [6.07, 6.45) is -0.637. The third-order valence-corrected chi connectivity index (χ3v) is 3.53. The van der Waals surface area contributed by atoms with Gasteiger partial charge in [-0.1, -0.05) is 0 Å². The lowest BCUT2D eigenvalue weighted by molar-refractivity contribution is -0.145. The molecule has 1 saturated heterocycles. The topological polar surface area (TPSA) is 38.8 Å². The third kappa shape index (κ3) is 3.78. The number of hydrogen-bond donors (Lipinski definition) is 0. The van der Waals surface area contributed by atoms with Crippen LogP contribution in [0.2, 0.25) is 0 Å². The monoisotopic (exact) mass is 339 g/mol. The average Bonchev–Trinajstić information content (AvgIpc) is 2.55. The van der Waals surface area contributed by atoms with Crippen molar-refractivity contribution < 1.29 is 36.2 Å². The van der Waals surface area contributed by atoms with E-state index in [1.165, 1.54) is 12.0 Å². The number of benzene rings is 1. The molecule has 0 bridgehead atoms. The number of hydrogen-bond acceptors (Lipinski definition) is 4. The molecule has 1 atom stereocenters. The molecule has 0 amide bonds. The molecule has 0 aromatic heterocycles. The van der Waals surface area contributed by atoms with Crippen molar-refractivity contribution in [3.05, 3.63) is 34.6 Å². The molecule has 4 nitrogen and oxygen atoms in total. The first-order valence-corrected chi connectivity index (χ1v) is 6.76. The molecule has 2 rings (SSSR count). The van der Waals surface area contributed by atoms with E-state index < -0.39 is 53.3 Å².